The van der Waals surface area contributed by atoms with Crippen molar-refractivity contribution in [3.63, 3.8) is 0 Å². The molecule has 2 aliphatic heterocycles. The van der Waals surface area contributed by atoms with Crippen LogP contribution in [0.3, 0.4) is 0 Å². The van der Waals surface area contributed by atoms with Gasteiger partial charge in [0.15, 0.2) is 0 Å². The largest absolute Gasteiger partial charge is 0.321 e. The average Bonchev–Trinajstić information content (AvgIpc) is 3.11. The van der Waals surface area contributed by atoms with E-state index in [1.807, 2.05) is 18.6 Å². The summed E-state index contributed by atoms with van der Waals surface area (Å²) in [6.45, 7) is 1.90. The van der Waals surface area contributed by atoms with E-state index in [1.165, 1.54) is 0 Å². The van der Waals surface area contributed by atoms with Gasteiger partial charge in [0.25, 0.3) is 0 Å². The van der Waals surface area contributed by atoms with E-state index in [0.29, 0.717) is 12.2 Å². The number of nitrogens with one attached hydrogen (secondary N) is 1. The maximum Gasteiger partial charge on any atom is 0.138 e. The van der Waals surface area contributed by atoms with Gasteiger partial charge in [0.05, 0.1) is 30.0 Å². The molecular weight excluding hydrogens is 264 g/mol. The number of carbonyl (C=O) groups is 1. The number of rotatable bonds is 3. The predicted octanol–water partition coefficient (Wildman–Crippen LogP) is 1.81. The fourth-order valence-electron chi connectivity index (χ4n) is 3.49. The highest BCUT2D eigenvalue weighted by Crippen LogP contribution is 2.40. The molecule has 1 unspecified atom stereocenters. The van der Waals surface area contributed by atoms with E-state index in [-0.39, 0.29) is 12.0 Å². The Balaban J connectivity index is 1.62. The summed E-state index contributed by atoms with van der Waals surface area (Å²) < 4.78 is 2.09. The van der Waals surface area contributed by atoms with Crippen LogP contribution in [-0.4, -0.2) is 33.4 Å². The minimum Gasteiger partial charge on any atom is -0.321 e. The molecule has 0 amide bonds. The molecule has 2 aromatic heterocycles. The zero-order valence-electron chi connectivity index (χ0n) is 11.8. The van der Waals surface area contributed by atoms with Gasteiger partial charge in [-0.2, -0.15) is 0 Å². The third-order valence-electron chi connectivity index (χ3n) is 4.62. The number of fused-ring (bicyclic) bond motifs is 3. The Bertz CT molecular complexity index is 672. The van der Waals surface area contributed by atoms with Gasteiger partial charge in [-0.3, -0.25) is 9.78 Å². The van der Waals surface area contributed by atoms with E-state index in [0.717, 1.165) is 42.9 Å². The molecule has 21 heavy (non-hydrogen) atoms. The summed E-state index contributed by atoms with van der Waals surface area (Å²) in [5.41, 5.74) is 3.19. The van der Waals surface area contributed by atoms with E-state index < -0.39 is 0 Å². The number of piperidine rings is 1. The van der Waals surface area contributed by atoms with Crippen LogP contribution in [0.1, 0.15) is 31.0 Å². The van der Waals surface area contributed by atoms with Crippen molar-refractivity contribution >= 4 is 5.78 Å². The molecule has 1 N–H and O–H groups in total. The molecule has 0 radical (unpaired) electrons. The fraction of sp³-hybridized carbons (Fsp3) is 0.438. The Morgan fingerprint density at radius 2 is 2.24 bits per heavy atom. The smallest absolute Gasteiger partial charge is 0.138 e. The number of ketones is 1. The molecule has 4 heterocycles. The molecule has 2 aliphatic rings. The summed E-state index contributed by atoms with van der Waals surface area (Å²) >= 11 is 0. The molecule has 2 aromatic rings. The molecule has 4 rings (SSSR count). The van der Waals surface area contributed by atoms with Crippen molar-refractivity contribution in [2.24, 2.45) is 5.92 Å². The fourth-order valence-corrected chi connectivity index (χ4v) is 3.49. The lowest BCUT2D eigenvalue weighted by Gasteiger charge is -2.23. The second kappa shape index (κ2) is 5.07. The first-order valence-electron chi connectivity index (χ1n) is 7.55. The van der Waals surface area contributed by atoms with Crippen LogP contribution < -0.4 is 5.32 Å². The summed E-state index contributed by atoms with van der Waals surface area (Å²) in [6, 6.07) is 4.01. The van der Waals surface area contributed by atoms with E-state index in [2.05, 4.69) is 25.9 Å². The Morgan fingerprint density at radius 1 is 1.38 bits per heavy atom. The minimum absolute atomic E-state index is 0.0149. The van der Waals surface area contributed by atoms with Gasteiger partial charge >= 0.3 is 0 Å². The lowest BCUT2D eigenvalue weighted by Crippen LogP contribution is -2.32. The van der Waals surface area contributed by atoms with Gasteiger partial charge in [-0.25, -0.2) is 4.98 Å². The molecule has 108 valence electrons. The van der Waals surface area contributed by atoms with Crippen molar-refractivity contribution in [3.8, 4) is 11.3 Å². The Hall–Kier alpha value is -2.01. The maximum atomic E-state index is 12.6. The molecule has 0 aromatic carbocycles. The standard InChI is InChI=1S/C16H18N4O/c21-15(11-3-6-17-7-4-11)8-13-16-12(2-1-5-19-16)14-9-18-10-20(13)14/h1-2,5,9-11,13,17H,3-4,6-8H2. The van der Waals surface area contributed by atoms with Gasteiger partial charge in [0.1, 0.15) is 5.78 Å². The van der Waals surface area contributed by atoms with Crippen LogP contribution in [-0.2, 0) is 4.79 Å². The van der Waals surface area contributed by atoms with Crippen LogP contribution >= 0.6 is 0 Å². The van der Waals surface area contributed by atoms with Crippen LogP contribution in [0.5, 0.6) is 0 Å². The number of imidazole rings is 1. The number of aromatic nitrogens is 3. The Kier molecular flexibility index (Phi) is 3.07. The van der Waals surface area contributed by atoms with Crippen LogP contribution in [0, 0.1) is 5.92 Å². The third kappa shape index (κ3) is 2.08. The van der Waals surface area contributed by atoms with Gasteiger partial charge in [0, 0.05) is 24.1 Å². The van der Waals surface area contributed by atoms with Gasteiger partial charge in [-0.15, -0.1) is 0 Å². The Morgan fingerprint density at radius 3 is 3.10 bits per heavy atom. The highest BCUT2D eigenvalue weighted by molar-refractivity contribution is 5.83. The molecule has 0 aliphatic carbocycles. The van der Waals surface area contributed by atoms with Gasteiger partial charge in [-0.05, 0) is 38.1 Å². The lowest BCUT2D eigenvalue weighted by atomic mass is 9.89. The number of Topliss-reactive ketones (excluding diaryl/α,β-unsaturated/α-hetero) is 1. The van der Waals surface area contributed by atoms with Crippen LogP contribution in [0.2, 0.25) is 0 Å². The topological polar surface area (TPSA) is 59.8 Å². The van der Waals surface area contributed by atoms with Crippen molar-refractivity contribution in [2.45, 2.75) is 25.3 Å². The maximum absolute atomic E-state index is 12.6. The SMILES string of the molecule is O=C(CC1c2ncccc2-c2cncn21)C1CCNCC1. The summed E-state index contributed by atoms with van der Waals surface area (Å²) in [5, 5.41) is 3.31. The molecule has 0 saturated carbocycles. The number of nitrogens with zero attached hydrogens (tertiary/aromatic N) is 3. The second-order valence-corrected chi connectivity index (χ2v) is 5.83. The molecule has 1 fully saturated rings. The quantitative estimate of drug-likeness (QED) is 0.932. The van der Waals surface area contributed by atoms with E-state index in [9.17, 15) is 4.79 Å². The molecule has 1 atom stereocenters. The first kappa shape index (κ1) is 12.7. The van der Waals surface area contributed by atoms with Crippen LogP contribution in [0.25, 0.3) is 11.3 Å². The van der Waals surface area contributed by atoms with E-state index in [1.54, 1.807) is 6.20 Å². The first-order valence-corrected chi connectivity index (χ1v) is 7.55. The van der Waals surface area contributed by atoms with Crippen LogP contribution in [0.15, 0.2) is 30.9 Å². The zero-order chi connectivity index (χ0) is 14.2. The summed E-state index contributed by atoms with van der Waals surface area (Å²) in [6.07, 6.45) is 7.92. The predicted molar refractivity (Wildman–Crippen MR) is 78.8 cm³/mol. The highest BCUT2D eigenvalue weighted by atomic mass is 16.1. The normalized spacial score (nSPS) is 21.0. The molecular formula is C16H18N4O. The molecule has 0 bridgehead atoms. The second-order valence-electron chi connectivity index (χ2n) is 5.83. The number of carbonyl (C=O) groups excluding carboxylic acids is 1. The number of pyridine rings is 1. The summed E-state index contributed by atoms with van der Waals surface area (Å²) in [5.74, 6) is 0.561. The Labute approximate surface area is 123 Å². The lowest BCUT2D eigenvalue weighted by molar-refractivity contribution is -0.124. The molecule has 0 spiro atoms. The third-order valence-corrected chi connectivity index (χ3v) is 4.62. The average molecular weight is 282 g/mol. The summed E-state index contributed by atoms with van der Waals surface area (Å²) in [7, 11) is 0. The van der Waals surface area contributed by atoms with Gasteiger partial charge < -0.3 is 9.88 Å². The minimum atomic E-state index is 0.0149. The van der Waals surface area contributed by atoms with Gasteiger partial charge in [0.2, 0.25) is 0 Å². The molecule has 1 saturated heterocycles. The number of hydrogen-bond acceptors (Lipinski definition) is 4. The summed E-state index contributed by atoms with van der Waals surface area (Å²) in [4.78, 5) is 21.3. The molecule has 5 nitrogen and oxygen atoms in total. The van der Waals surface area contributed by atoms with Crippen LogP contribution in [0.4, 0.5) is 0 Å². The van der Waals surface area contributed by atoms with E-state index in [4.69, 9.17) is 0 Å². The molecule has 5 heteroatoms. The van der Waals surface area contributed by atoms with Crippen molar-refractivity contribution in [1.82, 2.24) is 19.9 Å². The zero-order valence-corrected chi connectivity index (χ0v) is 11.8. The van der Waals surface area contributed by atoms with E-state index >= 15 is 0 Å². The van der Waals surface area contributed by atoms with Crippen molar-refractivity contribution in [3.05, 3.63) is 36.5 Å². The van der Waals surface area contributed by atoms with Crippen molar-refractivity contribution < 1.29 is 4.79 Å². The first-order chi connectivity index (χ1) is 10.3. The van der Waals surface area contributed by atoms with Crippen molar-refractivity contribution in [1.29, 1.82) is 0 Å². The van der Waals surface area contributed by atoms with Crippen molar-refractivity contribution in [2.75, 3.05) is 13.1 Å². The van der Waals surface area contributed by atoms with Gasteiger partial charge in [-0.1, -0.05) is 0 Å². The monoisotopic (exact) mass is 282 g/mol. The number of hydrogen-bond donors (Lipinski definition) is 1. The highest BCUT2D eigenvalue weighted by Gasteiger charge is 2.33.